The first-order valence-electron chi connectivity index (χ1n) is 8.92. The molecule has 142 valence electrons. The van der Waals surface area contributed by atoms with Crippen molar-refractivity contribution in [3.05, 3.63) is 24.2 Å². The van der Waals surface area contributed by atoms with Crippen LogP contribution in [-0.4, -0.2) is 65.0 Å². The van der Waals surface area contributed by atoms with Gasteiger partial charge in [0.2, 0.25) is 5.88 Å². The highest BCUT2D eigenvalue weighted by molar-refractivity contribution is 5.86. The number of anilines is 1. The molecule has 0 saturated carbocycles. The number of imidazole rings is 1. The summed E-state index contributed by atoms with van der Waals surface area (Å²) in [6, 6.07) is 3.73. The SMILES string of the molecule is CNCc1nc2c(N3CCOCC3)nc(-c3ccc(OC)nc3)nc2n1C. The molecule has 27 heavy (non-hydrogen) atoms. The Morgan fingerprint density at radius 2 is 2.00 bits per heavy atom. The number of pyridine rings is 1. The van der Waals surface area contributed by atoms with Gasteiger partial charge in [-0.25, -0.2) is 19.9 Å². The summed E-state index contributed by atoms with van der Waals surface area (Å²) in [4.78, 5) is 20.9. The highest BCUT2D eigenvalue weighted by atomic mass is 16.5. The molecular weight excluding hydrogens is 346 g/mol. The third kappa shape index (κ3) is 3.31. The van der Waals surface area contributed by atoms with E-state index in [-0.39, 0.29) is 0 Å². The summed E-state index contributed by atoms with van der Waals surface area (Å²) < 4.78 is 12.7. The lowest BCUT2D eigenvalue weighted by Gasteiger charge is -2.28. The number of aryl methyl sites for hydroxylation is 1. The monoisotopic (exact) mass is 369 g/mol. The van der Waals surface area contributed by atoms with Crippen molar-refractivity contribution in [1.29, 1.82) is 0 Å². The van der Waals surface area contributed by atoms with Gasteiger partial charge in [0.25, 0.3) is 0 Å². The summed E-state index contributed by atoms with van der Waals surface area (Å²) in [5, 5.41) is 3.15. The van der Waals surface area contributed by atoms with Crippen molar-refractivity contribution in [3.8, 4) is 17.3 Å². The molecule has 1 N–H and O–H groups in total. The molecule has 0 amide bonds. The Balaban J connectivity index is 1.87. The molecule has 1 fully saturated rings. The first-order valence-corrected chi connectivity index (χ1v) is 8.92. The molecular formula is C18H23N7O2. The van der Waals surface area contributed by atoms with Crippen molar-refractivity contribution in [2.24, 2.45) is 7.05 Å². The molecule has 0 bridgehead atoms. The van der Waals surface area contributed by atoms with Crippen LogP contribution in [0.15, 0.2) is 18.3 Å². The van der Waals surface area contributed by atoms with Gasteiger partial charge in [-0.15, -0.1) is 0 Å². The van der Waals surface area contributed by atoms with Crippen LogP contribution in [0.3, 0.4) is 0 Å². The molecule has 1 aliphatic rings. The van der Waals surface area contributed by atoms with E-state index in [1.165, 1.54) is 0 Å². The Morgan fingerprint density at radius 3 is 2.67 bits per heavy atom. The maximum absolute atomic E-state index is 5.50. The third-order valence-corrected chi connectivity index (χ3v) is 4.64. The van der Waals surface area contributed by atoms with Crippen LogP contribution in [0.5, 0.6) is 5.88 Å². The standard InChI is InChI=1S/C18H23N7O2/c1-19-11-13-21-15-17(24(13)2)22-16(12-4-5-14(26-3)20-10-12)23-18(15)25-6-8-27-9-7-25/h4-5,10,19H,6-9,11H2,1-3H3. The average molecular weight is 369 g/mol. The molecule has 3 aromatic rings. The number of ether oxygens (including phenoxy) is 2. The summed E-state index contributed by atoms with van der Waals surface area (Å²) in [6.45, 7) is 3.59. The quantitative estimate of drug-likeness (QED) is 0.712. The molecule has 9 heteroatoms. The number of nitrogens with zero attached hydrogens (tertiary/aromatic N) is 6. The van der Waals surface area contributed by atoms with Crippen LogP contribution in [0.4, 0.5) is 5.82 Å². The third-order valence-electron chi connectivity index (χ3n) is 4.64. The number of hydrogen-bond acceptors (Lipinski definition) is 8. The number of nitrogens with one attached hydrogen (secondary N) is 1. The van der Waals surface area contributed by atoms with Crippen molar-refractivity contribution in [1.82, 2.24) is 29.8 Å². The molecule has 0 spiro atoms. The zero-order chi connectivity index (χ0) is 18.8. The fourth-order valence-electron chi connectivity index (χ4n) is 3.17. The number of methoxy groups -OCH3 is 1. The molecule has 0 atom stereocenters. The van der Waals surface area contributed by atoms with Crippen LogP contribution >= 0.6 is 0 Å². The predicted molar refractivity (Wildman–Crippen MR) is 102 cm³/mol. The average Bonchev–Trinajstić information content (AvgIpc) is 3.04. The fourth-order valence-corrected chi connectivity index (χ4v) is 3.17. The number of aromatic nitrogens is 5. The van der Waals surface area contributed by atoms with Gasteiger partial charge in [-0.05, 0) is 13.1 Å². The maximum atomic E-state index is 5.50. The maximum Gasteiger partial charge on any atom is 0.212 e. The fraction of sp³-hybridized carbons (Fsp3) is 0.444. The Labute approximate surface area is 157 Å². The number of rotatable bonds is 5. The van der Waals surface area contributed by atoms with E-state index < -0.39 is 0 Å². The van der Waals surface area contributed by atoms with Gasteiger partial charge in [-0.3, -0.25) is 0 Å². The number of fused-ring (bicyclic) bond motifs is 1. The Morgan fingerprint density at radius 1 is 1.19 bits per heavy atom. The van der Waals surface area contributed by atoms with E-state index in [0.29, 0.717) is 31.5 Å². The van der Waals surface area contributed by atoms with E-state index in [1.54, 1.807) is 13.3 Å². The Hall–Kier alpha value is -2.78. The van der Waals surface area contributed by atoms with Crippen molar-refractivity contribution < 1.29 is 9.47 Å². The van der Waals surface area contributed by atoms with Crippen LogP contribution in [0.25, 0.3) is 22.6 Å². The highest BCUT2D eigenvalue weighted by Gasteiger charge is 2.22. The van der Waals surface area contributed by atoms with Crippen molar-refractivity contribution in [2.75, 3.05) is 45.4 Å². The lowest BCUT2D eigenvalue weighted by Crippen LogP contribution is -2.37. The van der Waals surface area contributed by atoms with Crippen LogP contribution in [-0.2, 0) is 18.3 Å². The zero-order valence-corrected chi connectivity index (χ0v) is 15.8. The van der Waals surface area contributed by atoms with E-state index in [0.717, 1.165) is 41.5 Å². The van der Waals surface area contributed by atoms with Crippen LogP contribution in [0.1, 0.15) is 5.82 Å². The van der Waals surface area contributed by atoms with E-state index >= 15 is 0 Å². The summed E-state index contributed by atoms with van der Waals surface area (Å²) in [5.74, 6) is 2.94. The normalized spacial score (nSPS) is 14.7. The van der Waals surface area contributed by atoms with Gasteiger partial charge in [0, 0.05) is 38.0 Å². The van der Waals surface area contributed by atoms with Gasteiger partial charge < -0.3 is 24.3 Å². The molecule has 0 radical (unpaired) electrons. The second kappa shape index (κ2) is 7.45. The first-order chi connectivity index (χ1) is 13.2. The second-order valence-corrected chi connectivity index (χ2v) is 6.35. The molecule has 4 rings (SSSR count). The van der Waals surface area contributed by atoms with Gasteiger partial charge in [-0.2, -0.15) is 0 Å². The smallest absolute Gasteiger partial charge is 0.212 e. The summed E-state index contributed by atoms with van der Waals surface area (Å²) in [7, 11) is 5.48. The molecule has 0 aromatic carbocycles. The molecule has 9 nitrogen and oxygen atoms in total. The Kier molecular flexibility index (Phi) is 4.87. The Bertz CT molecular complexity index is 933. The minimum absolute atomic E-state index is 0.560. The number of hydrogen-bond donors (Lipinski definition) is 1. The van der Waals surface area contributed by atoms with Crippen LogP contribution < -0.4 is 15.0 Å². The lowest BCUT2D eigenvalue weighted by atomic mass is 10.2. The topological polar surface area (TPSA) is 90.2 Å². The van der Waals surface area contributed by atoms with Crippen molar-refractivity contribution in [3.63, 3.8) is 0 Å². The molecule has 4 heterocycles. The molecule has 1 saturated heterocycles. The summed E-state index contributed by atoms with van der Waals surface area (Å²) in [6.07, 6.45) is 1.73. The first kappa shape index (κ1) is 17.6. The second-order valence-electron chi connectivity index (χ2n) is 6.35. The van der Waals surface area contributed by atoms with Crippen LogP contribution in [0.2, 0.25) is 0 Å². The molecule has 0 unspecified atom stereocenters. The van der Waals surface area contributed by atoms with E-state index in [2.05, 4.69) is 15.2 Å². The summed E-state index contributed by atoms with van der Waals surface area (Å²) in [5.41, 5.74) is 2.46. The minimum Gasteiger partial charge on any atom is -0.481 e. The minimum atomic E-state index is 0.560. The molecule has 3 aromatic heterocycles. The van der Waals surface area contributed by atoms with Crippen molar-refractivity contribution in [2.45, 2.75) is 6.54 Å². The summed E-state index contributed by atoms with van der Waals surface area (Å²) >= 11 is 0. The highest BCUT2D eigenvalue weighted by Crippen LogP contribution is 2.28. The van der Waals surface area contributed by atoms with Crippen molar-refractivity contribution >= 4 is 17.0 Å². The molecule has 0 aliphatic carbocycles. The number of morpholine rings is 1. The largest absolute Gasteiger partial charge is 0.481 e. The lowest BCUT2D eigenvalue weighted by molar-refractivity contribution is 0.122. The van der Waals surface area contributed by atoms with Gasteiger partial charge in [-0.1, -0.05) is 0 Å². The van der Waals surface area contributed by atoms with E-state index in [1.807, 2.05) is 30.8 Å². The van der Waals surface area contributed by atoms with Gasteiger partial charge in [0.15, 0.2) is 22.8 Å². The zero-order valence-electron chi connectivity index (χ0n) is 15.8. The van der Waals surface area contributed by atoms with Crippen LogP contribution in [0, 0.1) is 0 Å². The van der Waals surface area contributed by atoms with E-state index in [9.17, 15) is 0 Å². The van der Waals surface area contributed by atoms with E-state index in [4.69, 9.17) is 24.4 Å². The van der Waals surface area contributed by atoms with Gasteiger partial charge >= 0.3 is 0 Å². The van der Waals surface area contributed by atoms with Gasteiger partial charge in [0.05, 0.1) is 26.9 Å². The van der Waals surface area contributed by atoms with Gasteiger partial charge in [0.1, 0.15) is 5.82 Å². The molecule has 1 aliphatic heterocycles. The predicted octanol–water partition coefficient (Wildman–Crippen LogP) is 0.990.